The smallest absolute Gasteiger partial charge is 0.417 e. The molecule has 0 radical (unpaired) electrons. The van der Waals surface area contributed by atoms with Gasteiger partial charge in [-0.05, 0) is 23.6 Å². The Kier molecular flexibility index (Phi) is 9.33. The highest BCUT2D eigenvalue weighted by atomic mass is 16.6. The fraction of sp³-hybridized carbons (Fsp3) is 0.290. The minimum atomic E-state index is -1.18. The van der Waals surface area contributed by atoms with Crippen molar-refractivity contribution in [2.75, 3.05) is 7.11 Å². The average Bonchev–Trinajstić information content (AvgIpc) is 3.80. The van der Waals surface area contributed by atoms with Gasteiger partial charge in [0.2, 0.25) is 17.7 Å². The maximum Gasteiger partial charge on any atom is 0.417 e. The molecule has 0 aliphatic carbocycles. The van der Waals surface area contributed by atoms with Gasteiger partial charge in [0.05, 0.1) is 13.4 Å². The molecule has 4 amide bonds. The molecule has 0 saturated carbocycles. The predicted molar refractivity (Wildman–Crippen MR) is 157 cm³/mol. The van der Waals surface area contributed by atoms with E-state index in [-0.39, 0.29) is 32.3 Å². The van der Waals surface area contributed by atoms with Crippen LogP contribution in [0.4, 0.5) is 4.79 Å². The Morgan fingerprint density at radius 1 is 1.00 bits per heavy atom. The van der Waals surface area contributed by atoms with Crippen molar-refractivity contribution < 1.29 is 33.4 Å². The maximum absolute atomic E-state index is 13.6. The van der Waals surface area contributed by atoms with E-state index in [1.165, 1.54) is 19.6 Å². The van der Waals surface area contributed by atoms with Gasteiger partial charge < -0.3 is 30.1 Å². The van der Waals surface area contributed by atoms with Gasteiger partial charge in [-0.2, -0.15) is 0 Å². The third-order valence-electron chi connectivity index (χ3n) is 7.43. The first-order valence-electron chi connectivity index (χ1n) is 14.1. The number of nitrogens with one attached hydrogen (secondary N) is 4. The number of H-pyrrole nitrogens is 2. The van der Waals surface area contributed by atoms with Crippen LogP contribution in [0, 0.1) is 0 Å². The van der Waals surface area contributed by atoms with Crippen LogP contribution in [-0.4, -0.2) is 74.9 Å². The highest BCUT2D eigenvalue weighted by Crippen LogP contribution is 2.22. The number of hydrogen-bond donors (Lipinski definition) is 4. The third-order valence-corrected chi connectivity index (χ3v) is 7.43. The number of likely N-dealkylation sites (tertiary alicyclic amines) is 1. The number of aromatic amines is 2. The molecule has 4 aromatic rings. The van der Waals surface area contributed by atoms with Crippen LogP contribution in [-0.2, 0) is 48.1 Å². The SMILES string of the molecule is COC(=O)[C@H](Cc1c[nH]c2ccccc12)NC(=O)[C@@H](Cc1cnc[nH]1)NC(=O)[C@@H]1CCC(=O)N1C(=O)OCc1ccccc1. The fourth-order valence-electron chi connectivity index (χ4n) is 5.17. The normalized spacial score (nSPS) is 15.9. The number of benzene rings is 2. The molecule has 3 heterocycles. The molecule has 228 valence electrons. The number of carbonyl (C=O) groups is 5. The molecular weight excluding hydrogens is 568 g/mol. The van der Waals surface area contributed by atoms with Gasteiger partial charge in [-0.3, -0.25) is 14.4 Å². The molecule has 3 atom stereocenters. The van der Waals surface area contributed by atoms with E-state index in [4.69, 9.17) is 9.47 Å². The van der Waals surface area contributed by atoms with Crippen molar-refractivity contribution in [1.82, 2.24) is 30.5 Å². The number of hydrogen-bond acceptors (Lipinski definition) is 8. The molecule has 44 heavy (non-hydrogen) atoms. The van der Waals surface area contributed by atoms with Crippen LogP contribution in [0.2, 0.25) is 0 Å². The van der Waals surface area contributed by atoms with Crippen molar-refractivity contribution >= 4 is 40.7 Å². The number of methoxy groups -OCH3 is 1. The lowest BCUT2D eigenvalue weighted by Gasteiger charge is -2.26. The fourth-order valence-corrected chi connectivity index (χ4v) is 5.17. The number of para-hydroxylation sites is 1. The van der Waals surface area contributed by atoms with E-state index in [9.17, 15) is 24.0 Å². The van der Waals surface area contributed by atoms with E-state index < -0.39 is 47.9 Å². The zero-order valence-electron chi connectivity index (χ0n) is 23.9. The second kappa shape index (κ2) is 13.7. The number of fused-ring (bicyclic) bond motifs is 1. The van der Waals surface area contributed by atoms with E-state index in [0.29, 0.717) is 5.69 Å². The Hall–Kier alpha value is -5.46. The largest absolute Gasteiger partial charge is 0.467 e. The van der Waals surface area contributed by atoms with E-state index >= 15 is 0 Å². The summed E-state index contributed by atoms with van der Waals surface area (Å²) in [6.07, 6.45) is 3.90. The topological polar surface area (TPSA) is 176 Å². The maximum atomic E-state index is 13.6. The quantitative estimate of drug-likeness (QED) is 0.189. The van der Waals surface area contributed by atoms with E-state index in [2.05, 4.69) is 25.6 Å². The molecule has 0 bridgehead atoms. The van der Waals surface area contributed by atoms with Gasteiger partial charge in [0, 0.05) is 48.3 Å². The van der Waals surface area contributed by atoms with Crippen LogP contribution in [0.15, 0.2) is 73.3 Å². The van der Waals surface area contributed by atoms with Gasteiger partial charge in [-0.15, -0.1) is 0 Å². The van der Waals surface area contributed by atoms with E-state index in [0.717, 1.165) is 26.9 Å². The van der Waals surface area contributed by atoms with Gasteiger partial charge in [-0.1, -0.05) is 48.5 Å². The predicted octanol–water partition coefficient (Wildman–Crippen LogP) is 2.15. The van der Waals surface area contributed by atoms with Crippen molar-refractivity contribution in [2.45, 2.75) is 50.4 Å². The van der Waals surface area contributed by atoms with Gasteiger partial charge in [0.25, 0.3) is 0 Å². The molecule has 5 rings (SSSR count). The van der Waals surface area contributed by atoms with Crippen molar-refractivity contribution in [1.29, 1.82) is 0 Å². The summed E-state index contributed by atoms with van der Waals surface area (Å²) in [5.74, 6) is -2.59. The summed E-state index contributed by atoms with van der Waals surface area (Å²) >= 11 is 0. The lowest BCUT2D eigenvalue weighted by molar-refractivity contribution is -0.145. The molecule has 1 fully saturated rings. The van der Waals surface area contributed by atoms with Crippen LogP contribution in [0.5, 0.6) is 0 Å². The molecule has 1 saturated heterocycles. The van der Waals surface area contributed by atoms with Crippen molar-refractivity contribution in [2.24, 2.45) is 0 Å². The minimum absolute atomic E-state index is 0.00231. The molecule has 2 aromatic heterocycles. The zero-order chi connectivity index (χ0) is 31.1. The van der Waals surface area contributed by atoms with E-state index in [1.807, 2.05) is 30.3 Å². The first kappa shape index (κ1) is 30.0. The molecule has 13 heteroatoms. The van der Waals surface area contributed by atoms with Crippen LogP contribution in [0.25, 0.3) is 10.9 Å². The lowest BCUT2D eigenvalue weighted by Crippen LogP contribution is -2.56. The van der Waals surface area contributed by atoms with Crippen LogP contribution >= 0.6 is 0 Å². The number of imidazole rings is 1. The first-order valence-corrected chi connectivity index (χ1v) is 14.1. The molecule has 0 unspecified atom stereocenters. The Bertz CT molecular complexity index is 1640. The molecule has 4 N–H and O–H groups in total. The van der Waals surface area contributed by atoms with Crippen molar-refractivity contribution in [3.8, 4) is 0 Å². The average molecular weight is 601 g/mol. The summed E-state index contributed by atoms with van der Waals surface area (Å²) in [6, 6.07) is 13.1. The summed E-state index contributed by atoms with van der Waals surface area (Å²) < 4.78 is 10.3. The lowest BCUT2D eigenvalue weighted by atomic mass is 10.0. The highest BCUT2D eigenvalue weighted by molar-refractivity contribution is 6.01. The second-order valence-corrected chi connectivity index (χ2v) is 10.3. The number of nitrogens with zero attached hydrogens (tertiary/aromatic N) is 2. The molecule has 0 spiro atoms. The van der Waals surface area contributed by atoms with Crippen molar-refractivity contribution in [3.05, 3.63) is 90.1 Å². The number of carbonyl (C=O) groups excluding carboxylic acids is 5. The summed E-state index contributed by atoms with van der Waals surface area (Å²) in [5, 5.41) is 6.27. The van der Waals surface area contributed by atoms with Crippen LogP contribution in [0.3, 0.4) is 0 Å². The number of rotatable bonds is 11. The summed E-state index contributed by atoms with van der Waals surface area (Å²) in [5.41, 5.74) is 2.93. The second-order valence-electron chi connectivity index (χ2n) is 10.3. The number of amides is 4. The first-order chi connectivity index (χ1) is 21.3. The monoisotopic (exact) mass is 600 g/mol. The third kappa shape index (κ3) is 6.94. The number of imide groups is 1. The van der Waals surface area contributed by atoms with E-state index in [1.54, 1.807) is 30.5 Å². The van der Waals surface area contributed by atoms with Crippen LogP contribution in [0.1, 0.15) is 29.7 Å². The molecule has 1 aliphatic rings. The van der Waals surface area contributed by atoms with Gasteiger partial charge in [0.1, 0.15) is 24.7 Å². The number of ether oxygens (including phenoxy) is 2. The summed E-state index contributed by atoms with van der Waals surface area (Å²) in [6.45, 7) is -0.0754. The summed E-state index contributed by atoms with van der Waals surface area (Å²) in [4.78, 5) is 76.2. The number of esters is 1. The van der Waals surface area contributed by atoms with Gasteiger partial charge in [-0.25, -0.2) is 19.5 Å². The molecule has 1 aliphatic heterocycles. The van der Waals surface area contributed by atoms with Crippen LogP contribution < -0.4 is 10.6 Å². The molecular formula is C31H32N6O7. The Labute approximate surface area is 252 Å². The Morgan fingerprint density at radius 2 is 1.77 bits per heavy atom. The van der Waals surface area contributed by atoms with Crippen molar-refractivity contribution in [3.63, 3.8) is 0 Å². The number of aromatic nitrogens is 3. The van der Waals surface area contributed by atoms with Gasteiger partial charge >= 0.3 is 12.1 Å². The molecule has 13 nitrogen and oxygen atoms in total. The highest BCUT2D eigenvalue weighted by Gasteiger charge is 2.42. The zero-order valence-corrected chi connectivity index (χ0v) is 23.9. The standard InChI is InChI=1S/C31H32N6O7/c1-43-30(41)25(13-20-15-33-23-10-6-5-9-22(20)23)36-28(39)24(14-21-16-32-18-34-21)35-29(40)26-11-12-27(38)37(26)31(42)44-17-19-7-3-2-4-8-19/h2-10,15-16,18,24-26,33H,11-14,17H2,1H3,(H,32,34)(H,35,40)(H,36,39)/t24-,25+,26+/m1/s1. The minimum Gasteiger partial charge on any atom is -0.467 e. The Balaban J connectivity index is 1.30. The Morgan fingerprint density at radius 3 is 2.52 bits per heavy atom. The van der Waals surface area contributed by atoms with Gasteiger partial charge in [0.15, 0.2) is 0 Å². The summed E-state index contributed by atoms with van der Waals surface area (Å²) in [7, 11) is 1.23. The molecule has 2 aromatic carbocycles.